The third-order valence-corrected chi connectivity index (χ3v) is 0.671. The Morgan fingerprint density at radius 1 is 0.467 bits per heavy atom. The van der Waals surface area contributed by atoms with Crippen molar-refractivity contribution in [2.45, 2.75) is 0 Å². The molecule has 0 aromatic carbocycles. The molecule has 0 aromatic heterocycles. The van der Waals surface area contributed by atoms with Gasteiger partial charge in [0.15, 0.2) is 0 Å². The molecule has 0 N–H and O–H groups in total. The Morgan fingerprint density at radius 3 is 0.600 bits per heavy atom. The Balaban J connectivity index is -0.000000180. The molecule has 7 heteroatoms. The molecule has 6 nitrogen and oxygen atoms in total. The van der Waals surface area contributed by atoms with Gasteiger partial charge in [0.05, 0.1) is 0 Å². The molecule has 15 heavy (non-hydrogen) atoms. The fraction of sp³-hybridized carbons (Fsp3) is 0. The van der Waals surface area contributed by atoms with Crippen molar-refractivity contribution in [1.29, 1.82) is 31.6 Å². The number of hydrogen-bond donors (Lipinski definition) is 0. The van der Waals surface area contributed by atoms with E-state index in [2.05, 4.69) is 0 Å². The minimum Gasteiger partial charge on any atom is -0.232 e. The van der Waals surface area contributed by atoms with Gasteiger partial charge in [-0.05, 0) is 0 Å². The van der Waals surface area contributed by atoms with Crippen molar-refractivity contribution in [2.75, 3.05) is 0 Å². The van der Waals surface area contributed by atoms with Crippen LogP contribution in [0.4, 0.5) is 0 Å². The van der Waals surface area contributed by atoms with Gasteiger partial charge >= 0.3 is 16.5 Å². The largest absolute Gasteiger partial charge is 2.00 e. The van der Waals surface area contributed by atoms with Gasteiger partial charge in [0.25, 0.3) is 0 Å². The Hall–Kier alpha value is -2.83. The molecule has 0 bridgehead atoms. The minimum absolute atomic E-state index is 0. The second-order valence-electron chi connectivity index (χ2n) is 1.42. The first-order valence-corrected chi connectivity index (χ1v) is 2.84. The quantitative estimate of drug-likeness (QED) is 0.437. The average Bonchev–Trinajstić information content (AvgIpc) is 2.24. The van der Waals surface area contributed by atoms with Crippen LogP contribution in [0.2, 0.25) is 0 Å². The third-order valence-electron chi connectivity index (χ3n) is 0.671. The molecule has 0 aromatic rings. The van der Waals surface area contributed by atoms with Crippen LogP contribution in [-0.4, -0.2) is 0 Å². The minimum atomic E-state index is -0.403. The molecule has 0 spiro atoms. The summed E-state index contributed by atoms with van der Waals surface area (Å²) in [7, 11) is 0. The van der Waals surface area contributed by atoms with E-state index in [1.165, 1.54) is 36.4 Å². The van der Waals surface area contributed by atoms with E-state index >= 15 is 0 Å². The van der Waals surface area contributed by atoms with Crippen LogP contribution in [0.5, 0.6) is 0 Å². The molecule has 0 saturated heterocycles. The van der Waals surface area contributed by atoms with E-state index in [4.69, 9.17) is 31.6 Å². The fourth-order valence-corrected chi connectivity index (χ4v) is 0.150. The SMILES string of the molecule is N#C[C-](C#N)C#N.N#C[C-](C#N)C#N.[Ni+2]. The summed E-state index contributed by atoms with van der Waals surface area (Å²) < 4.78 is 0. The molecular weight excluding hydrogens is 239 g/mol. The molecule has 0 atom stereocenters. The van der Waals surface area contributed by atoms with Crippen LogP contribution < -0.4 is 0 Å². The summed E-state index contributed by atoms with van der Waals surface area (Å²) in [4.78, 5) is 0. The summed E-state index contributed by atoms with van der Waals surface area (Å²) in [5, 5.41) is 46.8. The first kappa shape index (κ1) is 18.1. The summed E-state index contributed by atoms with van der Waals surface area (Å²) in [5.41, 5.74) is 0. The Labute approximate surface area is 96.7 Å². The molecule has 0 aliphatic carbocycles. The molecule has 0 heterocycles. The van der Waals surface area contributed by atoms with E-state index in [9.17, 15) is 0 Å². The summed E-state index contributed by atoms with van der Waals surface area (Å²) in [5.74, 6) is -0.806. The van der Waals surface area contributed by atoms with Gasteiger partial charge in [0, 0.05) is 0 Å². The van der Waals surface area contributed by atoms with Gasteiger partial charge < -0.3 is 0 Å². The maximum atomic E-state index is 7.79. The zero-order valence-corrected chi connectivity index (χ0v) is 7.99. The van der Waals surface area contributed by atoms with Crippen LogP contribution in [0.15, 0.2) is 0 Å². The van der Waals surface area contributed by atoms with Gasteiger partial charge in [0.1, 0.15) is 0 Å². The number of nitriles is 6. The van der Waals surface area contributed by atoms with Crippen LogP contribution in [-0.2, 0) is 16.5 Å². The average molecular weight is 239 g/mol. The van der Waals surface area contributed by atoms with Gasteiger partial charge in [-0.3, -0.25) is 0 Å². The van der Waals surface area contributed by atoms with Crippen LogP contribution in [0.1, 0.15) is 0 Å². The maximum absolute atomic E-state index is 7.79. The van der Waals surface area contributed by atoms with Gasteiger partial charge in [0.2, 0.25) is 0 Å². The predicted molar refractivity (Wildman–Crippen MR) is 40.2 cm³/mol. The topological polar surface area (TPSA) is 143 Å². The third kappa shape index (κ3) is 11.2. The molecule has 72 valence electrons. The molecule has 0 fully saturated rings. The zero-order valence-electron chi connectivity index (χ0n) is 7.00. The molecule has 0 aliphatic rings. The van der Waals surface area contributed by atoms with Crippen molar-refractivity contribution in [3.05, 3.63) is 11.8 Å². The summed E-state index contributed by atoms with van der Waals surface area (Å²) in [6, 6.07) is 8.38. The van der Waals surface area contributed by atoms with Gasteiger partial charge in [-0.25, -0.2) is 31.6 Å². The second kappa shape index (κ2) is 13.7. The first-order valence-electron chi connectivity index (χ1n) is 2.84. The fourth-order valence-electron chi connectivity index (χ4n) is 0.150. The van der Waals surface area contributed by atoms with Gasteiger partial charge in [-0.2, -0.15) is 0 Å². The van der Waals surface area contributed by atoms with E-state index in [0.717, 1.165) is 0 Å². The maximum Gasteiger partial charge on any atom is 2.00 e. The molecular formula is C8N6Ni. The second-order valence-corrected chi connectivity index (χ2v) is 1.42. The summed E-state index contributed by atoms with van der Waals surface area (Å²) in [6.07, 6.45) is 0. The van der Waals surface area contributed by atoms with Crippen molar-refractivity contribution in [3.63, 3.8) is 0 Å². The number of hydrogen-bond acceptors (Lipinski definition) is 6. The Kier molecular flexibility index (Phi) is 16.5. The monoisotopic (exact) mass is 238 g/mol. The van der Waals surface area contributed by atoms with Gasteiger partial charge in [-0.1, -0.05) is 48.3 Å². The van der Waals surface area contributed by atoms with E-state index in [1.807, 2.05) is 0 Å². The normalized spacial score (nSPS) is 4.40. The van der Waals surface area contributed by atoms with Crippen molar-refractivity contribution in [3.8, 4) is 36.4 Å². The van der Waals surface area contributed by atoms with Crippen molar-refractivity contribution in [1.82, 2.24) is 0 Å². The predicted octanol–water partition coefficient (Wildman–Crippen LogP) is 0.261. The number of nitrogens with zero attached hydrogens (tertiary/aromatic N) is 6. The van der Waals surface area contributed by atoms with Crippen molar-refractivity contribution >= 4 is 0 Å². The van der Waals surface area contributed by atoms with Crippen LogP contribution >= 0.6 is 0 Å². The standard InChI is InChI=1S/2C4N3.Ni/c2*5-1-4(2-6)3-7;/q2*-1;+2. The Bertz CT molecular complexity index is 306. The van der Waals surface area contributed by atoms with Gasteiger partial charge in [-0.15, -0.1) is 0 Å². The molecule has 0 saturated carbocycles. The molecule has 0 unspecified atom stereocenters. The summed E-state index contributed by atoms with van der Waals surface area (Å²) in [6.45, 7) is 0. The molecule has 0 aliphatic heterocycles. The zero-order chi connectivity index (χ0) is 11.4. The summed E-state index contributed by atoms with van der Waals surface area (Å²) >= 11 is 0. The van der Waals surface area contributed by atoms with Crippen molar-refractivity contribution in [2.24, 2.45) is 0 Å². The Morgan fingerprint density at radius 2 is 0.600 bits per heavy atom. The van der Waals surface area contributed by atoms with Crippen LogP contribution in [0.3, 0.4) is 0 Å². The molecule has 0 amide bonds. The van der Waals surface area contributed by atoms with E-state index in [0.29, 0.717) is 0 Å². The molecule has 0 rings (SSSR count). The van der Waals surface area contributed by atoms with E-state index in [-0.39, 0.29) is 16.5 Å². The molecule has 0 radical (unpaired) electrons. The van der Waals surface area contributed by atoms with E-state index in [1.54, 1.807) is 0 Å². The van der Waals surface area contributed by atoms with Crippen LogP contribution in [0, 0.1) is 79.8 Å². The first-order chi connectivity index (χ1) is 6.69. The van der Waals surface area contributed by atoms with Crippen molar-refractivity contribution < 1.29 is 16.5 Å². The number of rotatable bonds is 0. The van der Waals surface area contributed by atoms with Crippen LogP contribution in [0.25, 0.3) is 0 Å². The van der Waals surface area contributed by atoms with E-state index < -0.39 is 11.8 Å². The smallest absolute Gasteiger partial charge is 0.232 e.